The van der Waals surface area contributed by atoms with E-state index in [0.29, 0.717) is 16.3 Å². The molecule has 0 aliphatic heterocycles. The van der Waals surface area contributed by atoms with E-state index in [1.54, 1.807) is 17.6 Å². The van der Waals surface area contributed by atoms with Gasteiger partial charge in [-0.05, 0) is 36.1 Å². The molecule has 7 heteroatoms. The van der Waals surface area contributed by atoms with Gasteiger partial charge in [-0.1, -0.05) is 18.2 Å². The Morgan fingerprint density at radius 3 is 2.61 bits per heavy atom. The molecular formula is C16H14N2O3S2. The summed E-state index contributed by atoms with van der Waals surface area (Å²) in [6.07, 6.45) is 0. The molecule has 3 N–H and O–H groups in total. The molecule has 0 saturated heterocycles. The average molecular weight is 346 g/mol. The summed E-state index contributed by atoms with van der Waals surface area (Å²) in [5.74, 6) is -0.668. The Kier molecular flexibility index (Phi) is 4.42. The van der Waals surface area contributed by atoms with Gasteiger partial charge in [0.25, 0.3) is 11.8 Å². The van der Waals surface area contributed by atoms with Crippen molar-refractivity contribution in [1.82, 2.24) is 10.8 Å². The molecule has 0 bridgehead atoms. The lowest BCUT2D eigenvalue weighted by molar-refractivity contribution is 0.0711. The summed E-state index contributed by atoms with van der Waals surface area (Å²) in [4.78, 5) is 25.6. The van der Waals surface area contributed by atoms with Crippen LogP contribution in [-0.2, 0) is 6.54 Å². The Bertz CT molecular complexity index is 882. The smallest absolute Gasteiger partial charge is 0.284 e. The topological polar surface area (TPSA) is 78.4 Å². The van der Waals surface area contributed by atoms with Gasteiger partial charge in [0, 0.05) is 9.58 Å². The first kappa shape index (κ1) is 15.7. The van der Waals surface area contributed by atoms with E-state index in [1.807, 2.05) is 31.2 Å². The Morgan fingerprint density at radius 2 is 1.87 bits per heavy atom. The summed E-state index contributed by atoms with van der Waals surface area (Å²) in [5.41, 5.74) is 2.57. The molecule has 5 nitrogen and oxygen atoms in total. The third kappa shape index (κ3) is 3.12. The van der Waals surface area contributed by atoms with Crippen LogP contribution in [0.5, 0.6) is 0 Å². The van der Waals surface area contributed by atoms with Crippen molar-refractivity contribution in [1.29, 1.82) is 0 Å². The number of benzene rings is 1. The second kappa shape index (κ2) is 6.49. The predicted octanol–water partition coefficient (Wildman–Crippen LogP) is 3.32. The fraction of sp³-hybridized carbons (Fsp3) is 0.125. The summed E-state index contributed by atoms with van der Waals surface area (Å²) in [5, 5.41) is 12.6. The maximum absolute atomic E-state index is 12.4. The molecule has 2 heterocycles. The SMILES string of the molecule is Cc1c(C(=O)NCc2ccc(C(=O)NO)s2)sc2ccccc12. The van der Waals surface area contributed by atoms with Gasteiger partial charge < -0.3 is 5.32 Å². The van der Waals surface area contributed by atoms with Crippen LogP contribution in [0.2, 0.25) is 0 Å². The third-order valence-corrected chi connectivity index (χ3v) is 5.82. The predicted molar refractivity (Wildman–Crippen MR) is 91.3 cm³/mol. The molecule has 3 aromatic rings. The van der Waals surface area contributed by atoms with Crippen molar-refractivity contribution in [3.63, 3.8) is 0 Å². The van der Waals surface area contributed by atoms with Gasteiger partial charge in [-0.15, -0.1) is 22.7 Å². The molecule has 0 unspecified atom stereocenters. The number of fused-ring (bicyclic) bond motifs is 1. The highest BCUT2D eigenvalue weighted by Gasteiger charge is 2.15. The number of rotatable bonds is 4. The zero-order chi connectivity index (χ0) is 16.4. The van der Waals surface area contributed by atoms with Crippen LogP contribution in [-0.4, -0.2) is 17.0 Å². The molecule has 2 amide bonds. The lowest BCUT2D eigenvalue weighted by Crippen LogP contribution is -2.22. The molecule has 0 aliphatic carbocycles. The molecule has 23 heavy (non-hydrogen) atoms. The number of carbonyl (C=O) groups excluding carboxylic acids is 2. The quantitative estimate of drug-likeness (QED) is 0.501. The first-order chi connectivity index (χ1) is 11.1. The third-order valence-electron chi connectivity index (χ3n) is 3.46. The Hall–Kier alpha value is -2.22. The summed E-state index contributed by atoms with van der Waals surface area (Å²) >= 11 is 2.70. The van der Waals surface area contributed by atoms with Crippen molar-refractivity contribution >= 4 is 44.6 Å². The number of aryl methyl sites for hydroxylation is 1. The van der Waals surface area contributed by atoms with Gasteiger partial charge in [0.05, 0.1) is 16.3 Å². The van der Waals surface area contributed by atoms with Gasteiger partial charge in [0.1, 0.15) is 0 Å². The molecule has 0 aliphatic rings. The molecule has 118 valence electrons. The number of carbonyl (C=O) groups is 2. The molecule has 0 atom stereocenters. The highest BCUT2D eigenvalue weighted by molar-refractivity contribution is 7.21. The first-order valence-corrected chi connectivity index (χ1v) is 8.53. The molecule has 0 saturated carbocycles. The van der Waals surface area contributed by atoms with Gasteiger partial charge in [0.15, 0.2) is 0 Å². The maximum Gasteiger partial charge on any atom is 0.284 e. The zero-order valence-corrected chi connectivity index (χ0v) is 13.9. The average Bonchev–Trinajstić information content (AvgIpc) is 3.17. The van der Waals surface area contributed by atoms with Crippen LogP contribution in [0.15, 0.2) is 36.4 Å². The second-order valence-electron chi connectivity index (χ2n) is 4.94. The summed E-state index contributed by atoms with van der Waals surface area (Å²) in [6.45, 7) is 2.29. The van der Waals surface area contributed by atoms with Crippen LogP contribution < -0.4 is 10.8 Å². The molecular weight excluding hydrogens is 332 g/mol. The molecule has 0 fully saturated rings. The van der Waals surface area contributed by atoms with E-state index in [2.05, 4.69) is 5.32 Å². The van der Waals surface area contributed by atoms with Crippen molar-refractivity contribution < 1.29 is 14.8 Å². The first-order valence-electron chi connectivity index (χ1n) is 6.89. The van der Waals surface area contributed by atoms with Crippen LogP contribution in [0.25, 0.3) is 10.1 Å². The minimum absolute atomic E-state index is 0.120. The fourth-order valence-corrected chi connectivity index (χ4v) is 4.25. The summed E-state index contributed by atoms with van der Waals surface area (Å²) < 4.78 is 1.09. The maximum atomic E-state index is 12.4. The molecule has 0 spiro atoms. The number of hydroxylamine groups is 1. The van der Waals surface area contributed by atoms with E-state index in [-0.39, 0.29) is 5.91 Å². The van der Waals surface area contributed by atoms with E-state index in [4.69, 9.17) is 5.21 Å². The van der Waals surface area contributed by atoms with Gasteiger partial charge in [0.2, 0.25) is 0 Å². The molecule has 1 aromatic carbocycles. The summed E-state index contributed by atoms with van der Waals surface area (Å²) in [6, 6.07) is 11.3. The van der Waals surface area contributed by atoms with Crippen LogP contribution in [0.3, 0.4) is 0 Å². The van der Waals surface area contributed by atoms with Crippen molar-refractivity contribution in [2.45, 2.75) is 13.5 Å². The van der Waals surface area contributed by atoms with Crippen molar-refractivity contribution in [3.05, 3.63) is 56.6 Å². The largest absolute Gasteiger partial charge is 0.346 e. The Morgan fingerprint density at radius 1 is 1.09 bits per heavy atom. The number of hydrogen-bond acceptors (Lipinski definition) is 5. The van der Waals surface area contributed by atoms with Crippen LogP contribution in [0.4, 0.5) is 0 Å². The molecule has 3 rings (SSSR count). The molecule has 2 aromatic heterocycles. The van der Waals surface area contributed by atoms with Crippen molar-refractivity contribution in [3.8, 4) is 0 Å². The van der Waals surface area contributed by atoms with Gasteiger partial charge in [-0.3, -0.25) is 14.8 Å². The lowest BCUT2D eigenvalue weighted by Gasteiger charge is -2.02. The molecule has 0 radical (unpaired) electrons. The van der Waals surface area contributed by atoms with Crippen LogP contribution >= 0.6 is 22.7 Å². The van der Waals surface area contributed by atoms with Gasteiger partial charge in [-0.2, -0.15) is 0 Å². The second-order valence-corrected chi connectivity index (χ2v) is 7.16. The van der Waals surface area contributed by atoms with E-state index in [9.17, 15) is 9.59 Å². The number of nitrogens with one attached hydrogen (secondary N) is 2. The lowest BCUT2D eigenvalue weighted by atomic mass is 10.1. The van der Waals surface area contributed by atoms with E-state index < -0.39 is 5.91 Å². The fourth-order valence-electron chi connectivity index (χ4n) is 2.29. The Balaban J connectivity index is 1.72. The Labute approximate surface area is 140 Å². The van der Waals surface area contributed by atoms with Crippen LogP contribution in [0.1, 0.15) is 29.8 Å². The van der Waals surface area contributed by atoms with Gasteiger partial charge in [-0.25, -0.2) is 5.48 Å². The number of thiophene rings is 2. The zero-order valence-electron chi connectivity index (χ0n) is 12.3. The number of hydrogen-bond donors (Lipinski definition) is 3. The van der Waals surface area contributed by atoms with Crippen molar-refractivity contribution in [2.75, 3.05) is 0 Å². The monoisotopic (exact) mass is 346 g/mol. The van der Waals surface area contributed by atoms with Gasteiger partial charge >= 0.3 is 0 Å². The van der Waals surface area contributed by atoms with E-state index >= 15 is 0 Å². The summed E-state index contributed by atoms with van der Waals surface area (Å²) in [7, 11) is 0. The normalized spacial score (nSPS) is 10.7. The van der Waals surface area contributed by atoms with Crippen LogP contribution in [0, 0.1) is 6.92 Å². The van der Waals surface area contributed by atoms with E-state index in [0.717, 1.165) is 20.5 Å². The standard InChI is InChI=1S/C16H14N2O3S2/c1-9-11-4-2-3-5-12(11)23-14(9)16(20)17-8-10-6-7-13(22-10)15(19)18-21/h2-7,21H,8H2,1H3,(H,17,20)(H,18,19). The van der Waals surface area contributed by atoms with E-state index in [1.165, 1.54) is 22.7 Å². The number of amides is 2. The minimum Gasteiger partial charge on any atom is -0.346 e. The highest BCUT2D eigenvalue weighted by atomic mass is 32.1. The minimum atomic E-state index is -0.548. The van der Waals surface area contributed by atoms with Crippen molar-refractivity contribution in [2.24, 2.45) is 0 Å². The highest BCUT2D eigenvalue weighted by Crippen LogP contribution is 2.30.